The molecule has 160 valence electrons. The van der Waals surface area contributed by atoms with Crippen molar-refractivity contribution in [1.29, 1.82) is 0 Å². The van der Waals surface area contributed by atoms with E-state index < -0.39 is 16.0 Å². The average molecular weight is 432 g/mol. The van der Waals surface area contributed by atoms with Crippen LogP contribution in [-0.2, 0) is 21.3 Å². The van der Waals surface area contributed by atoms with Crippen molar-refractivity contribution >= 4 is 27.0 Å². The van der Waals surface area contributed by atoms with E-state index in [0.717, 1.165) is 11.0 Å². The zero-order valence-corrected chi connectivity index (χ0v) is 17.7. The molecule has 0 bridgehead atoms. The van der Waals surface area contributed by atoms with Gasteiger partial charge in [0.15, 0.2) is 0 Å². The first-order chi connectivity index (χ1) is 14.3. The number of fused-ring (bicyclic) bond motifs is 1. The van der Waals surface area contributed by atoms with Gasteiger partial charge in [-0.2, -0.15) is 0 Å². The number of nitrogens with zero attached hydrogens (tertiary/aromatic N) is 1. The number of carbonyl (C=O) groups is 1. The summed E-state index contributed by atoms with van der Waals surface area (Å²) in [5.41, 5.74) is 1.63. The molecule has 0 aliphatic rings. The fraction of sp³-hybridized carbons (Fsp3) is 0.333. The number of esters is 1. The molecule has 0 unspecified atom stereocenters. The van der Waals surface area contributed by atoms with Crippen LogP contribution in [0.4, 0.5) is 0 Å². The predicted molar refractivity (Wildman–Crippen MR) is 114 cm³/mol. The third kappa shape index (κ3) is 4.98. The SMILES string of the molecule is CC[C@H](C)NS(=O)(=O)c1ccc(C(=O)OCCCn2c(=O)[nH]c3ccccc32)cc1. The van der Waals surface area contributed by atoms with Crippen molar-refractivity contribution in [3.05, 3.63) is 64.6 Å². The van der Waals surface area contributed by atoms with E-state index in [2.05, 4.69) is 9.71 Å². The maximum Gasteiger partial charge on any atom is 0.338 e. The van der Waals surface area contributed by atoms with Crippen molar-refractivity contribution in [2.75, 3.05) is 6.61 Å². The lowest BCUT2D eigenvalue weighted by Crippen LogP contribution is -2.32. The van der Waals surface area contributed by atoms with Crippen LogP contribution >= 0.6 is 0 Å². The second-order valence-corrected chi connectivity index (χ2v) is 8.76. The first-order valence-corrected chi connectivity index (χ1v) is 11.3. The number of aromatic amines is 1. The molecule has 0 saturated heterocycles. The molecule has 9 heteroatoms. The number of rotatable bonds is 9. The first-order valence-electron chi connectivity index (χ1n) is 9.79. The van der Waals surface area contributed by atoms with Crippen LogP contribution in [0.5, 0.6) is 0 Å². The first kappa shape index (κ1) is 21.8. The number of H-pyrrole nitrogens is 1. The van der Waals surface area contributed by atoms with Gasteiger partial charge in [-0.15, -0.1) is 0 Å². The van der Waals surface area contributed by atoms with E-state index in [1.807, 2.05) is 31.2 Å². The summed E-state index contributed by atoms with van der Waals surface area (Å²) in [6.45, 7) is 4.23. The molecule has 1 atom stereocenters. The van der Waals surface area contributed by atoms with Crippen molar-refractivity contribution in [2.24, 2.45) is 0 Å². The Morgan fingerprint density at radius 3 is 2.57 bits per heavy atom. The summed E-state index contributed by atoms with van der Waals surface area (Å²) >= 11 is 0. The van der Waals surface area contributed by atoms with Gasteiger partial charge in [0.05, 0.1) is 28.1 Å². The number of para-hydroxylation sites is 2. The van der Waals surface area contributed by atoms with Crippen LogP contribution in [0.25, 0.3) is 11.0 Å². The molecule has 0 spiro atoms. The van der Waals surface area contributed by atoms with Gasteiger partial charge in [0, 0.05) is 12.6 Å². The van der Waals surface area contributed by atoms with E-state index >= 15 is 0 Å². The molecule has 1 heterocycles. The molecule has 0 saturated carbocycles. The Morgan fingerprint density at radius 1 is 1.17 bits per heavy atom. The minimum absolute atomic E-state index is 0.0954. The van der Waals surface area contributed by atoms with Gasteiger partial charge in [-0.05, 0) is 56.2 Å². The van der Waals surface area contributed by atoms with E-state index in [1.54, 1.807) is 11.5 Å². The summed E-state index contributed by atoms with van der Waals surface area (Å²) in [5, 5.41) is 0. The van der Waals surface area contributed by atoms with Crippen molar-refractivity contribution in [1.82, 2.24) is 14.3 Å². The summed E-state index contributed by atoms with van der Waals surface area (Å²) in [4.78, 5) is 27.1. The number of imidazole rings is 1. The van der Waals surface area contributed by atoms with Gasteiger partial charge in [-0.25, -0.2) is 22.7 Å². The second-order valence-electron chi connectivity index (χ2n) is 7.04. The zero-order valence-electron chi connectivity index (χ0n) is 16.9. The number of aryl methyl sites for hydroxylation is 1. The summed E-state index contributed by atoms with van der Waals surface area (Å²) in [6.07, 6.45) is 1.15. The number of carbonyl (C=O) groups excluding carboxylic acids is 1. The Morgan fingerprint density at radius 2 is 1.87 bits per heavy atom. The second kappa shape index (κ2) is 9.27. The molecule has 8 nitrogen and oxygen atoms in total. The Kier molecular flexibility index (Phi) is 6.73. The van der Waals surface area contributed by atoms with Crippen LogP contribution in [-0.4, -0.2) is 36.6 Å². The van der Waals surface area contributed by atoms with Crippen LogP contribution in [0.1, 0.15) is 37.0 Å². The minimum atomic E-state index is -3.62. The van der Waals surface area contributed by atoms with Gasteiger partial charge in [-0.1, -0.05) is 19.1 Å². The Bertz CT molecular complexity index is 1180. The summed E-state index contributed by atoms with van der Waals surface area (Å²) in [6, 6.07) is 12.8. The number of sulfonamides is 1. The molecule has 0 radical (unpaired) electrons. The third-order valence-electron chi connectivity index (χ3n) is 4.81. The van der Waals surface area contributed by atoms with Gasteiger partial charge in [-0.3, -0.25) is 4.57 Å². The zero-order chi connectivity index (χ0) is 21.7. The lowest BCUT2D eigenvalue weighted by atomic mass is 10.2. The lowest BCUT2D eigenvalue weighted by molar-refractivity contribution is 0.0496. The third-order valence-corrected chi connectivity index (χ3v) is 6.42. The molecule has 0 fully saturated rings. The highest BCUT2D eigenvalue weighted by Crippen LogP contribution is 2.13. The highest BCUT2D eigenvalue weighted by atomic mass is 32.2. The monoisotopic (exact) mass is 431 g/mol. The number of hydrogen-bond acceptors (Lipinski definition) is 5. The molecule has 30 heavy (non-hydrogen) atoms. The lowest BCUT2D eigenvalue weighted by Gasteiger charge is -2.12. The Balaban J connectivity index is 1.55. The largest absolute Gasteiger partial charge is 0.462 e. The number of ether oxygens (including phenoxy) is 1. The van der Waals surface area contributed by atoms with E-state index in [1.165, 1.54) is 24.3 Å². The molecule has 0 aliphatic carbocycles. The van der Waals surface area contributed by atoms with Crippen LogP contribution in [0.3, 0.4) is 0 Å². The number of nitrogens with one attached hydrogen (secondary N) is 2. The van der Waals surface area contributed by atoms with E-state index in [-0.39, 0.29) is 28.8 Å². The number of hydrogen-bond donors (Lipinski definition) is 2. The van der Waals surface area contributed by atoms with E-state index in [4.69, 9.17) is 4.74 Å². The number of aromatic nitrogens is 2. The van der Waals surface area contributed by atoms with E-state index in [9.17, 15) is 18.0 Å². The quantitative estimate of drug-likeness (QED) is 0.400. The van der Waals surface area contributed by atoms with Crippen molar-refractivity contribution in [3.8, 4) is 0 Å². The molecule has 3 rings (SSSR count). The van der Waals surface area contributed by atoms with Gasteiger partial charge in [0.25, 0.3) is 0 Å². The predicted octanol–water partition coefficient (Wildman–Crippen LogP) is 2.65. The summed E-state index contributed by atoms with van der Waals surface area (Å²) < 4.78 is 34.0. The molecule has 0 amide bonds. The van der Waals surface area contributed by atoms with Gasteiger partial charge in [0.1, 0.15) is 0 Å². The van der Waals surface area contributed by atoms with E-state index in [0.29, 0.717) is 19.4 Å². The van der Waals surface area contributed by atoms with Crippen LogP contribution in [0, 0.1) is 0 Å². The Labute approximate surface area is 174 Å². The van der Waals surface area contributed by atoms with Crippen LogP contribution in [0.2, 0.25) is 0 Å². The maximum atomic E-state index is 12.3. The maximum absolute atomic E-state index is 12.3. The topological polar surface area (TPSA) is 110 Å². The van der Waals surface area contributed by atoms with Crippen LogP contribution < -0.4 is 10.4 Å². The fourth-order valence-electron chi connectivity index (χ4n) is 2.99. The highest BCUT2D eigenvalue weighted by molar-refractivity contribution is 7.89. The summed E-state index contributed by atoms with van der Waals surface area (Å²) in [5.74, 6) is -0.542. The normalized spacial score (nSPS) is 12.7. The number of benzene rings is 2. The van der Waals surface area contributed by atoms with Crippen LogP contribution in [0.15, 0.2) is 58.2 Å². The molecular weight excluding hydrogens is 406 g/mol. The standard InChI is InChI=1S/C21H25N3O5S/c1-3-15(2)23-30(27,28)17-11-9-16(10-12-17)20(25)29-14-6-13-24-19-8-5-4-7-18(19)22-21(24)26/h4-5,7-12,15,23H,3,6,13-14H2,1-2H3,(H,22,26)/t15-/m0/s1. The molecular formula is C21H25N3O5S. The smallest absolute Gasteiger partial charge is 0.338 e. The van der Waals surface area contributed by atoms with Crippen molar-refractivity contribution < 1.29 is 17.9 Å². The average Bonchev–Trinajstić information content (AvgIpc) is 3.05. The minimum Gasteiger partial charge on any atom is -0.462 e. The molecule has 0 aliphatic heterocycles. The highest BCUT2D eigenvalue weighted by Gasteiger charge is 2.17. The molecule has 2 N–H and O–H groups in total. The van der Waals surface area contributed by atoms with Crippen molar-refractivity contribution in [2.45, 2.75) is 44.2 Å². The molecule has 1 aromatic heterocycles. The Hall–Kier alpha value is -2.91. The molecule has 3 aromatic rings. The van der Waals surface area contributed by atoms with Gasteiger partial charge in [0.2, 0.25) is 10.0 Å². The molecule has 2 aromatic carbocycles. The van der Waals surface area contributed by atoms with Gasteiger partial charge < -0.3 is 9.72 Å². The van der Waals surface area contributed by atoms with Gasteiger partial charge >= 0.3 is 11.7 Å². The van der Waals surface area contributed by atoms with Crippen molar-refractivity contribution in [3.63, 3.8) is 0 Å². The fourth-order valence-corrected chi connectivity index (χ4v) is 4.31. The summed E-state index contributed by atoms with van der Waals surface area (Å²) in [7, 11) is -3.62.